The first kappa shape index (κ1) is 24.3. The first-order valence-corrected chi connectivity index (χ1v) is 10.5. The fourth-order valence-corrected chi connectivity index (χ4v) is 2.91. The summed E-state index contributed by atoms with van der Waals surface area (Å²) in [5.41, 5.74) is 3.05. The third kappa shape index (κ3) is 8.33. The number of carbonyl (C=O) groups excluding carboxylic acids is 1. The van der Waals surface area contributed by atoms with Gasteiger partial charge in [-0.1, -0.05) is 12.1 Å². The molecule has 0 aliphatic carbocycles. The van der Waals surface area contributed by atoms with Gasteiger partial charge in [-0.25, -0.2) is 0 Å². The van der Waals surface area contributed by atoms with E-state index in [0.717, 1.165) is 35.3 Å². The molecule has 1 amide bonds. The monoisotopic (exact) mass is 430 g/mol. The Morgan fingerprint density at radius 2 is 1.87 bits per heavy atom. The van der Waals surface area contributed by atoms with E-state index >= 15 is 0 Å². The Hall–Kier alpha value is -3.00. The molecule has 0 aliphatic heterocycles. The van der Waals surface area contributed by atoms with Crippen LogP contribution >= 0.6 is 0 Å². The predicted molar refractivity (Wildman–Crippen MR) is 122 cm³/mol. The number of aryl methyl sites for hydroxylation is 2. The Morgan fingerprint density at radius 3 is 2.58 bits per heavy atom. The summed E-state index contributed by atoms with van der Waals surface area (Å²) in [6.07, 6.45) is 3.12. The topological polar surface area (TPSA) is 97.1 Å². The number of rotatable bonds is 12. The van der Waals surface area contributed by atoms with Crippen LogP contribution in [0.2, 0.25) is 0 Å². The van der Waals surface area contributed by atoms with Gasteiger partial charge in [-0.3, -0.25) is 9.79 Å². The van der Waals surface area contributed by atoms with E-state index in [1.54, 1.807) is 20.2 Å². The number of benzene rings is 1. The third-order valence-corrected chi connectivity index (χ3v) is 4.64. The van der Waals surface area contributed by atoms with E-state index < -0.39 is 0 Å². The Morgan fingerprint density at radius 1 is 1.06 bits per heavy atom. The van der Waals surface area contributed by atoms with Gasteiger partial charge in [0.15, 0.2) is 11.7 Å². The second kappa shape index (κ2) is 13.3. The fraction of sp³-hybridized carbons (Fsp3) is 0.478. The van der Waals surface area contributed by atoms with Gasteiger partial charge in [0.2, 0.25) is 0 Å². The minimum absolute atomic E-state index is 0.192. The van der Waals surface area contributed by atoms with E-state index in [0.29, 0.717) is 44.6 Å². The van der Waals surface area contributed by atoms with E-state index in [2.05, 4.69) is 33.1 Å². The van der Waals surface area contributed by atoms with Gasteiger partial charge < -0.3 is 29.8 Å². The Kier molecular flexibility index (Phi) is 10.4. The van der Waals surface area contributed by atoms with Gasteiger partial charge >= 0.3 is 0 Å². The Balaban J connectivity index is 1.73. The van der Waals surface area contributed by atoms with Crippen LogP contribution in [0.25, 0.3) is 0 Å². The average molecular weight is 431 g/mol. The summed E-state index contributed by atoms with van der Waals surface area (Å²) in [6, 6.07) is 7.95. The zero-order valence-corrected chi connectivity index (χ0v) is 18.9. The fourth-order valence-electron chi connectivity index (χ4n) is 2.91. The number of hydrogen-bond donors (Lipinski definition) is 3. The van der Waals surface area contributed by atoms with Crippen molar-refractivity contribution in [2.75, 3.05) is 40.5 Å². The smallest absolute Gasteiger partial charge is 0.287 e. The molecule has 170 valence electrons. The summed E-state index contributed by atoms with van der Waals surface area (Å²) in [7, 11) is 3.42. The number of nitrogens with one attached hydrogen (secondary N) is 3. The lowest BCUT2D eigenvalue weighted by Gasteiger charge is -2.15. The van der Waals surface area contributed by atoms with Crippen LogP contribution < -0.4 is 20.7 Å². The van der Waals surface area contributed by atoms with Crippen LogP contribution in [-0.2, 0) is 11.3 Å². The van der Waals surface area contributed by atoms with E-state index in [1.807, 2.05) is 19.9 Å². The van der Waals surface area contributed by atoms with Gasteiger partial charge in [-0.2, -0.15) is 0 Å². The number of aliphatic imine (C=N–C) groups is 1. The molecule has 31 heavy (non-hydrogen) atoms. The highest BCUT2D eigenvalue weighted by Gasteiger charge is 2.11. The number of methoxy groups -OCH3 is 1. The molecule has 0 saturated carbocycles. The number of hydrogen-bond acceptors (Lipinski definition) is 5. The standard InChI is InChI=1S/C23H34N4O4/c1-17-7-8-19(20(15-17)30-13-6-12-29-4)16-27-23(24-3)26-11-5-10-25-22(28)21-18(2)9-14-31-21/h7-9,14-15H,5-6,10-13,16H2,1-4H3,(H,25,28)(H2,24,26,27). The summed E-state index contributed by atoms with van der Waals surface area (Å²) in [5, 5.41) is 9.42. The van der Waals surface area contributed by atoms with Crippen LogP contribution in [0.15, 0.2) is 39.9 Å². The van der Waals surface area contributed by atoms with Gasteiger partial charge in [-0.05, 0) is 38.0 Å². The molecule has 2 rings (SSSR count). The first-order chi connectivity index (χ1) is 15.0. The maximum atomic E-state index is 12.0. The molecule has 8 nitrogen and oxygen atoms in total. The summed E-state index contributed by atoms with van der Waals surface area (Å²) in [6.45, 7) is 6.99. The van der Waals surface area contributed by atoms with Crippen molar-refractivity contribution >= 4 is 11.9 Å². The van der Waals surface area contributed by atoms with Crippen molar-refractivity contribution in [3.63, 3.8) is 0 Å². The van der Waals surface area contributed by atoms with Crippen LogP contribution in [0.3, 0.4) is 0 Å². The SMILES string of the molecule is CN=C(NCCCNC(=O)c1occc1C)NCc1ccc(C)cc1OCCCOC. The molecular weight excluding hydrogens is 396 g/mol. The Bertz CT molecular complexity index is 848. The largest absolute Gasteiger partial charge is 0.493 e. The lowest BCUT2D eigenvalue weighted by atomic mass is 10.1. The molecule has 0 fully saturated rings. The van der Waals surface area contributed by atoms with Crippen molar-refractivity contribution in [2.45, 2.75) is 33.2 Å². The molecule has 0 atom stereocenters. The summed E-state index contributed by atoms with van der Waals surface area (Å²) >= 11 is 0. The minimum Gasteiger partial charge on any atom is -0.493 e. The summed E-state index contributed by atoms with van der Waals surface area (Å²) in [5.74, 6) is 1.74. The maximum absolute atomic E-state index is 12.0. The number of ether oxygens (including phenoxy) is 2. The van der Waals surface area contributed by atoms with Crippen molar-refractivity contribution in [3.05, 3.63) is 53.0 Å². The van der Waals surface area contributed by atoms with E-state index in [1.165, 1.54) is 6.26 Å². The van der Waals surface area contributed by atoms with E-state index in [4.69, 9.17) is 13.9 Å². The number of nitrogens with zero attached hydrogens (tertiary/aromatic N) is 1. The third-order valence-electron chi connectivity index (χ3n) is 4.64. The lowest BCUT2D eigenvalue weighted by molar-refractivity contribution is 0.0925. The van der Waals surface area contributed by atoms with Crippen molar-refractivity contribution in [1.82, 2.24) is 16.0 Å². The molecule has 3 N–H and O–H groups in total. The number of furan rings is 1. The molecule has 1 aromatic heterocycles. The number of amides is 1. The van der Waals surface area contributed by atoms with Gasteiger partial charge in [0, 0.05) is 57.9 Å². The van der Waals surface area contributed by atoms with Crippen LogP contribution in [-0.4, -0.2) is 52.3 Å². The molecule has 2 aromatic rings. The first-order valence-electron chi connectivity index (χ1n) is 10.5. The van der Waals surface area contributed by atoms with Gasteiger partial charge in [0.05, 0.1) is 12.9 Å². The van der Waals surface area contributed by atoms with Gasteiger partial charge in [0.25, 0.3) is 5.91 Å². The highest BCUT2D eigenvalue weighted by atomic mass is 16.5. The molecule has 0 bridgehead atoms. The molecular formula is C23H34N4O4. The molecule has 0 saturated heterocycles. The van der Waals surface area contributed by atoms with Gasteiger partial charge in [0.1, 0.15) is 5.75 Å². The number of guanidine groups is 1. The zero-order chi connectivity index (χ0) is 22.5. The average Bonchev–Trinajstić information content (AvgIpc) is 3.20. The normalized spacial score (nSPS) is 11.3. The molecule has 0 aliphatic rings. The van der Waals surface area contributed by atoms with Crippen molar-refractivity contribution < 1.29 is 18.7 Å². The molecule has 1 heterocycles. The molecule has 0 radical (unpaired) electrons. The highest BCUT2D eigenvalue weighted by Crippen LogP contribution is 2.20. The van der Waals surface area contributed by atoms with Gasteiger partial charge in [-0.15, -0.1) is 0 Å². The lowest BCUT2D eigenvalue weighted by Crippen LogP contribution is -2.38. The predicted octanol–water partition coefficient (Wildman–Crippen LogP) is 2.80. The van der Waals surface area contributed by atoms with Crippen LogP contribution in [0.1, 0.15) is 40.1 Å². The Labute approximate surface area is 184 Å². The summed E-state index contributed by atoms with van der Waals surface area (Å²) < 4.78 is 16.2. The van der Waals surface area contributed by atoms with Crippen LogP contribution in [0.4, 0.5) is 0 Å². The maximum Gasteiger partial charge on any atom is 0.287 e. The van der Waals surface area contributed by atoms with E-state index in [9.17, 15) is 4.79 Å². The van der Waals surface area contributed by atoms with Crippen LogP contribution in [0.5, 0.6) is 5.75 Å². The zero-order valence-electron chi connectivity index (χ0n) is 18.9. The quantitative estimate of drug-likeness (QED) is 0.272. The molecule has 8 heteroatoms. The summed E-state index contributed by atoms with van der Waals surface area (Å²) in [4.78, 5) is 16.3. The second-order valence-electron chi connectivity index (χ2n) is 7.20. The van der Waals surface area contributed by atoms with Crippen molar-refractivity contribution in [3.8, 4) is 5.75 Å². The molecule has 0 unspecified atom stereocenters. The van der Waals surface area contributed by atoms with E-state index in [-0.39, 0.29) is 5.91 Å². The number of carbonyl (C=O) groups is 1. The molecule has 0 spiro atoms. The van der Waals surface area contributed by atoms with Crippen LogP contribution in [0, 0.1) is 13.8 Å². The van der Waals surface area contributed by atoms with Crippen molar-refractivity contribution in [1.29, 1.82) is 0 Å². The minimum atomic E-state index is -0.192. The highest BCUT2D eigenvalue weighted by molar-refractivity contribution is 5.92. The second-order valence-corrected chi connectivity index (χ2v) is 7.20. The molecule has 1 aromatic carbocycles. The van der Waals surface area contributed by atoms with Crippen molar-refractivity contribution in [2.24, 2.45) is 4.99 Å².